The maximum absolute atomic E-state index is 13.2. The summed E-state index contributed by atoms with van der Waals surface area (Å²) in [5.74, 6) is -0.366. The van der Waals surface area contributed by atoms with Gasteiger partial charge in [0.05, 0.1) is 12.3 Å². The van der Waals surface area contributed by atoms with Crippen LogP contribution in [0.5, 0.6) is 0 Å². The third kappa shape index (κ3) is 4.76. The molecule has 2 rings (SSSR count). The van der Waals surface area contributed by atoms with Gasteiger partial charge >= 0.3 is 0 Å². The summed E-state index contributed by atoms with van der Waals surface area (Å²) in [5.41, 5.74) is 1.57. The first-order valence-corrected chi connectivity index (χ1v) is 7.76. The minimum Gasteiger partial charge on any atom is -0.383 e. The van der Waals surface area contributed by atoms with Crippen molar-refractivity contribution in [3.63, 3.8) is 0 Å². The van der Waals surface area contributed by atoms with Crippen LogP contribution < -0.4 is 0 Å². The van der Waals surface area contributed by atoms with Gasteiger partial charge in [-0.05, 0) is 31.5 Å². The standard InChI is InChI=1S/C17H23FN2O3/c1-12(2)20(7-8-22-3)17(21)16-11-15(19-23-16)10-13-5-4-6-14(18)9-13/h4-6,9,12,16H,7-8,10-11H2,1-3H3. The fourth-order valence-corrected chi connectivity index (χ4v) is 2.54. The Morgan fingerprint density at radius 1 is 1.52 bits per heavy atom. The number of halogens is 1. The molecule has 1 aliphatic rings. The Kier molecular flexibility index (Phi) is 6.10. The van der Waals surface area contributed by atoms with Gasteiger partial charge in [-0.1, -0.05) is 17.3 Å². The number of methoxy groups -OCH3 is 1. The molecular formula is C17H23FN2O3. The summed E-state index contributed by atoms with van der Waals surface area (Å²) >= 11 is 0. The molecule has 0 saturated heterocycles. The van der Waals surface area contributed by atoms with Crippen LogP contribution in [0.4, 0.5) is 4.39 Å². The molecule has 126 valence electrons. The highest BCUT2D eigenvalue weighted by Crippen LogP contribution is 2.18. The average Bonchev–Trinajstić information content (AvgIpc) is 2.95. The smallest absolute Gasteiger partial charge is 0.267 e. The molecule has 1 heterocycles. The van der Waals surface area contributed by atoms with Crippen molar-refractivity contribution in [1.82, 2.24) is 4.90 Å². The number of ether oxygens (including phenoxy) is 1. The van der Waals surface area contributed by atoms with Crippen LogP contribution in [0.2, 0.25) is 0 Å². The minimum absolute atomic E-state index is 0.0634. The molecule has 0 N–H and O–H groups in total. The summed E-state index contributed by atoms with van der Waals surface area (Å²) < 4.78 is 18.3. The molecule has 0 spiro atoms. The molecule has 1 aliphatic heterocycles. The van der Waals surface area contributed by atoms with Crippen LogP contribution in [0.25, 0.3) is 0 Å². The molecule has 1 amide bonds. The van der Waals surface area contributed by atoms with Crippen LogP contribution >= 0.6 is 0 Å². The van der Waals surface area contributed by atoms with Crippen molar-refractivity contribution in [1.29, 1.82) is 0 Å². The lowest BCUT2D eigenvalue weighted by molar-refractivity contribution is -0.144. The molecule has 1 unspecified atom stereocenters. The maximum Gasteiger partial charge on any atom is 0.267 e. The molecule has 23 heavy (non-hydrogen) atoms. The van der Waals surface area contributed by atoms with E-state index in [0.717, 1.165) is 11.3 Å². The van der Waals surface area contributed by atoms with Gasteiger partial charge in [0.25, 0.3) is 5.91 Å². The maximum atomic E-state index is 13.2. The topological polar surface area (TPSA) is 51.1 Å². The zero-order valence-electron chi connectivity index (χ0n) is 13.8. The van der Waals surface area contributed by atoms with Crippen LogP contribution in [0.1, 0.15) is 25.8 Å². The number of carbonyl (C=O) groups excluding carboxylic acids is 1. The van der Waals surface area contributed by atoms with Gasteiger partial charge in [0.15, 0.2) is 0 Å². The van der Waals surface area contributed by atoms with E-state index < -0.39 is 6.10 Å². The second-order valence-corrected chi connectivity index (χ2v) is 5.88. The van der Waals surface area contributed by atoms with Gasteiger partial charge in [0.1, 0.15) is 5.82 Å². The summed E-state index contributed by atoms with van der Waals surface area (Å²) in [4.78, 5) is 19.6. The van der Waals surface area contributed by atoms with Crippen molar-refractivity contribution in [3.8, 4) is 0 Å². The van der Waals surface area contributed by atoms with Crippen molar-refractivity contribution in [3.05, 3.63) is 35.6 Å². The summed E-state index contributed by atoms with van der Waals surface area (Å²) in [5, 5.41) is 4.00. The van der Waals surface area contributed by atoms with Crippen LogP contribution in [0.15, 0.2) is 29.4 Å². The van der Waals surface area contributed by atoms with Crippen molar-refractivity contribution in [2.24, 2.45) is 5.16 Å². The van der Waals surface area contributed by atoms with E-state index in [1.165, 1.54) is 12.1 Å². The van der Waals surface area contributed by atoms with Gasteiger partial charge < -0.3 is 14.5 Å². The van der Waals surface area contributed by atoms with E-state index in [4.69, 9.17) is 9.57 Å². The highest BCUT2D eigenvalue weighted by atomic mass is 19.1. The number of oxime groups is 1. The van der Waals surface area contributed by atoms with Gasteiger partial charge in [-0.3, -0.25) is 4.79 Å². The molecule has 0 aromatic heterocycles. The number of amides is 1. The zero-order valence-corrected chi connectivity index (χ0v) is 13.8. The Hall–Kier alpha value is -1.95. The summed E-state index contributed by atoms with van der Waals surface area (Å²) in [6, 6.07) is 6.43. The van der Waals surface area contributed by atoms with E-state index in [1.54, 1.807) is 18.1 Å². The second-order valence-electron chi connectivity index (χ2n) is 5.88. The molecule has 6 heteroatoms. The Morgan fingerprint density at radius 3 is 2.96 bits per heavy atom. The predicted octanol–water partition coefficient (Wildman–Crippen LogP) is 2.40. The average molecular weight is 322 g/mol. The number of carbonyl (C=O) groups is 1. The highest BCUT2D eigenvalue weighted by molar-refractivity contribution is 5.94. The van der Waals surface area contributed by atoms with E-state index >= 15 is 0 Å². The second kappa shape index (κ2) is 8.06. The zero-order chi connectivity index (χ0) is 16.8. The third-order valence-electron chi connectivity index (χ3n) is 3.75. The molecule has 0 bridgehead atoms. The summed E-state index contributed by atoms with van der Waals surface area (Å²) in [6.07, 6.45) is 0.324. The van der Waals surface area contributed by atoms with E-state index in [2.05, 4.69) is 5.16 Å². The first kappa shape index (κ1) is 17.4. The summed E-state index contributed by atoms with van der Waals surface area (Å²) in [7, 11) is 1.61. The van der Waals surface area contributed by atoms with Crippen molar-refractivity contribution in [2.75, 3.05) is 20.3 Å². The van der Waals surface area contributed by atoms with Gasteiger partial charge in [-0.25, -0.2) is 4.39 Å². The molecular weight excluding hydrogens is 299 g/mol. The van der Waals surface area contributed by atoms with Gasteiger partial charge in [0, 0.05) is 32.5 Å². The number of rotatable bonds is 7. The fourth-order valence-electron chi connectivity index (χ4n) is 2.54. The normalized spacial score (nSPS) is 17.1. The first-order valence-electron chi connectivity index (χ1n) is 7.76. The molecule has 0 fully saturated rings. The lowest BCUT2D eigenvalue weighted by atomic mass is 10.0. The quantitative estimate of drug-likeness (QED) is 0.774. The van der Waals surface area contributed by atoms with E-state index in [-0.39, 0.29) is 17.8 Å². The molecule has 1 aromatic carbocycles. The van der Waals surface area contributed by atoms with Crippen molar-refractivity contribution in [2.45, 2.75) is 38.8 Å². The summed E-state index contributed by atoms with van der Waals surface area (Å²) in [6.45, 7) is 4.91. The first-order chi connectivity index (χ1) is 11.0. The molecule has 0 saturated carbocycles. The van der Waals surface area contributed by atoms with Gasteiger partial charge in [-0.2, -0.15) is 0 Å². The predicted molar refractivity (Wildman–Crippen MR) is 85.8 cm³/mol. The van der Waals surface area contributed by atoms with Crippen LogP contribution in [0.3, 0.4) is 0 Å². The lowest BCUT2D eigenvalue weighted by Crippen LogP contribution is -2.45. The fraction of sp³-hybridized carbons (Fsp3) is 0.529. The van der Waals surface area contributed by atoms with Crippen LogP contribution in [-0.4, -0.2) is 48.9 Å². The lowest BCUT2D eigenvalue weighted by Gasteiger charge is -2.28. The molecule has 5 nitrogen and oxygen atoms in total. The third-order valence-corrected chi connectivity index (χ3v) is 3.75. The molecule has 1 atom stereocenters. The Bertz CT molecular complexity index is 575. The Morgan fingerprint density at radius 2 is 2.30 bits per heavy atom. The number of hydrogen-bond acceptors (Lipinski definition) is 4. The van der Waals surface area contributed by atoms with Crippen molar-refractivity contribution < 1.29 is 18.8 Å². The van der Waals surface area contributed by atoms with Gasteiger partial charge in [0.2, 0.25) is 6.10 Å². The number of hydrogen-bond donors (Lipinski definition) is 0. The highest BCUT2D eigenvalue weighted by Gasteiger charge is 2.32. The monoisotopic (exact) mass is 322 g/mol. The molecule has 0 aliphatic carbocycles. The van der Waals surface area contributed by atoms with Crippen LogP contribution in [0, 0.1) is 5.82 Å². The van der Waals surface area contributed by atoms with E-state index in [1.807, 2.05) is 19.9 Å². The Balaban J connectivity index is 1.93. The largest absolute Gasteiger partial charge is 0.383 e. The van der Waals surface area contributed by atoms with E-state index in [0.29, 0.717) is 26.0 Å². The number of nitrogens with zero attached hydrogens (tertiary/aromatic N) is 2. The van der Waals surface area contributed by atoms with Crippen molar-refractivity contribution >= 4 is 11.6 Å². The van der Waals surface area contributed by atoms with Crippen LogP contribution in [-0.2, 0) is 20.8 Å². The molecule has 0 radical (unpaired) electrons. The molecule has 1 aromatic rings. The number of benzene rings is 1. The van der Waals surface area contributed by atoms with Gasteiger partial charge in [-0.15, -0.1) is 0 Å². The van der Waals surface area contributed by atoms with E-state index in [9.17, 15) is 9.18 Å². The SMILES string of the molecule is COCCN(C(=O)C1CC(Cc2cccc(F)c2)=NO1)C(C)C. The minimum atomic E-state index is -0.599. The Labute approximate surface area is 136 Å².